The number of hydrogen-bond donors (Lipinski definition) is 2. The van der Waals surface area contributed by atoms with Gasteiger partial charge in [-0.15, -0.1) is 24.0 Å². The van der Waals surface area contributed by atoms with Crippen LogP contribution < -0.4 is 10.6 Å². The Morgan fingerprint density at radius 2 is 1.80 bits per heavy atom. The van der Waals surface area contributed by atoms with E-state index in [0.717, 1.165) is 18.9 Å². The summed E-state index contributed by atoms with van der Waals surface area (Å²) < 4.78 is 5.74. The molecule has 0 amide bonds. The van der Waals surface area contributed by atoms with Gasteiger partial charge in [0, 0.05) is 44.2 Å². The first kappa shape index (κ1) is 23.0. The van der Waals surface area contributed by atoms with E-state index in [4.69, 9.17) is 4.74 Å². The van der Waals surface area contributed by atoms with Crippen molar-refractivity contribution in [1.82, 2.24) is 15.5 Å². The molecule has 0 aromatic carbocycles. The molecule has 0 bridgehead atoms. The lowest BCUT2D eigenvalue weighted by molar-refractivity contribution is -0.176. The zero-order valence-electron chi connectivity index (χ0n) is 17.0. The molecule has 2 fully saturated rings. The van der Waals surface area contributed by atoms with Crippen molar-refractivity contribution < 1.29 is 4.74 Å². The molecule has 1 aliphatic heterocycles. The summed E-state index contributed by atoms with van der Waals surface area (Å²) in [5, 5.41) is 7.34. The lowest BCUT2D eigenvalue weighted by atomic mass is 9.56. The number of nitrogens with zero attached hydrogens (tertiary/aromatic N) is 2. The van der Waals surface area contributed by atoms with Crippen molar-refractivity contribution in [2.75, 3.05) is 33.3 Å². The summed E-state index contributed by atoms with van der Waals surface area (Å²) in [7, 11) is 1.82. The second-order valence-electron chi connectivity index (χ2n) is 8.14. The van der Waals surface area contributed by atoms with E-state index in [1.807, 2.05) is 7.11 Å². The first-order valence-electron chi connectivity index (χ1n) is 9.71. The topological polar surface area (TPSA) is 48.9 Å². The number of nitrogens with one attached hydrogen (secondary N) is 2. The van der Waals surface area contributed by atoms with Crippen LogP contribution in [0.15, 0.2) is 4.99 Å². The number of guanidine groups is 1. The van der Waals surface area contributed by atoms with Crippen LogP contribution in [-0.2, 0) is 4.74 Å². The summed E-state index contributed by atoms with van der Waals surface area (Å²) >= 11 is 0. The lowest BCUT2D eigenvalue weighted by Gasteiger charge is -2.59. The molecule has 1 saturated carbocycles. The molecule has 5 nitrogen and oxygen atoms in total. The minimum absolute atomic E-state index is 0. The third-order valence-electron chi connectivity index (χ3n) is 6.37. The predicted octanol–water partition coefficient (Wildman–Crippen LogP) is 3.24. The summed E-state index contributed by atoms with van der Waals surface area (Å²) in [4.78, 5) is 7.25. The first-order valence-corrected chi connectivity index (χ1v) is 9.71. The fourth-order valence-electron chi connectivity index (χ4n) is 3.99. The van der Waals surface area contributed by atoms with Gasteiger partial charge in [-0.05, 0) is 46.1 Å². The van der Waals surface area contributed by atoms with Crippen LogP contribution >= 0.6 is 24.0 Å². The average molecular weight is 466 g/mol. The molecule has 0 aromatic heterocycles. The Hall–Kier alpha value is -0.0800. The van der Waals surface area contributed by atoms with Crippen molar-refractivity contribution >= 4 is 29.9 Å². The largest absolute Gasteiger partial charge is 0.378 e. The Balaban J connectivity index is 0.00000312. The van der Waals surface area contributed by atoms with Crippen molar-refractivity contribution in [3.05, 3.63) is 0 Å². The van der Waals surface area contributed by atoms with E-state index in [2.05, 4.69) is 55.1 Å². The van der Waals surface area contributed by atoms with Gasteiger partial charge in [0.15, 0.2) is 5.96 Å². The molecule has 0 radical (unpaired) electrons. The fourth-order valence-corrected chi connectivity index (χ4v) is 3.99. The number of ether oxygens (including phenoxy) is 1. The van der Waals surface area contributed by atoms with E-state index in [1.165, 1.54) is 38.9 Å². The van der Waals surface area contributed by atoms with Gasteiger partial charge in [0.2, 0.25) is 0 Å². The zero-order valence-corrected chi connectivity index (χ0v) is 19.4. The van der Waals surface area contributed by atoms with E-state index in [1.54, 1.807) is 0 Å². The smallest absolute Gasteiger partial charge is 0.191 e. The highest BCUT2D eigenvalue weighted by atomic mass is 127. The third-order valence-corrected chi connectivity index (χ3v) is 6.37. The van der Waals surface area contributed by atoms with Gasteiger partial charge in [0.25, 0.3) is 0 Å². The van der Waals surface area contributed by atoms with Crippen LogP contribution in [0.1, 0.15) is 60.3 Å². The molecule has 2 rings (SSSR count). The Morgan fingerprint density at radius 3 is 2.28 bits per heavy atom. The molecule has 1 heterocycles. The number of piperidine rings is 1. The summed E-state index contributed by atoms with van der Waals surface area (Å²) in [5.41, 5.74) is 0.0515. The molecule has 25 heavy (non-hydrogen) atoms. The summed E-state index contributed by atoms with van der Waals surface area (Å²) in [5.74, 6) is 0.975. The van der Waals surface area contributed by atoms with Crippen molar-refractivity contribution in [3.63, 3.8) is 0 Å². The highest BCUT2D eigenvalue weighted by Crippen LogP contribution is 2.51. The van der Waals surface area contributed by atoms with Crippen molar-refractivity contribution in [1.29, 1.82) is 0 Å². The monoisotopic (exact) mass is 466 g/mol. The quantitative estimate of drug-likeness (QED) is 0.359. The molecule has 2 unspecified atom stereocenters. The van der Waals surface area contributed by atoms with Gasteiger partial charge >= 0.3 is 0 Å². The van der Waals surface area contributed by atoms with Gasteiger partial charge < -0.3 is 20.3 Å². The summed E-state index contributed by atoms with van der Waals surface area (Å²) in [6, 6.07) is 0.938. The van der Waals surface area contributed by atoms with Crippen molar-refractivity contribution in [2.24, 2.45) is 10.4 Å². The normalized spacial score (nSPS) is 30.3. The highest BCUT2D eigenvalue weighted by molar-refractivity contribution is 14.0. The minimum Gasteiger partial charge on any atom is -0.378 e. The van der Waals surface area contributed by atoms with Crippen molar-refractivity contribution in [2.45, 2.75) is 78.0 Å². The van der Waals surface area contributed by atoms with Crippen LogP contribution in [0.3, 0.4) is 0 Å². The fraction of sp³-hybridized carbons (Fsp3) is 0.947. The molecule has 1 saturated heterocycles. The summed E-state index contributed by atoms with van der Waals surface area (Å²) in [6.07, 6.45) is 4.68. The zero-order chi connectivity index (χ0) is 17.8. The summed E-state index contributed by atoms with van der Waals surface area (Å²) in [6.45, 7) is 15.6. The molecule has 2 N–H and O–H groups in total. The molecule has 6 heteroatoms. The van der Waals surface area contributed by atoms with Crippen LogP contribution in [0, 0.1) is 5.41 Å². The van der Waals surface area contributed by atoms with Crippen LogP contribution in [0.25, 0.3) is 0 Å². The number of likely N-dealkylation sites (tertiary alicyclic amines) is 1. The maximum atomic E-state index is 5.74. The van der Waals surface area contributed by atoms with Crippen LogP contribution in [0.4, 0.5) is 0 Å². The van der Waals surface area contributed by atoms with Gasteiger partial charge in [0.1, 0.15) is 0 Å². The average Bonchev–Trinajstić information content (AvgIpc) is 2.56. The molecule has 2 aliphatic rings. The standard InChI is InChI=1S/C19H38N4O.HI/c1-7-11-23-12-9-15(10-13-23)21-17(20-8-2)22-16-14-19(5,24-6)18(16,3)4;/h15-16H,7-14H2,1-6H3,(H2,20,21,22);1H. The van der Waals surface area contributed by atoms with Crippen LogP contribution in [0.2, 0.25) is 0 Å². The SMILES string of the molecule is CCCN1CCC(NC(=NCC)NC2CC(C)(OC)C2(C)C)CC1.I. The molecule has 148 valence electrons. The van der Waals surface area contributed by atoms with E-state index in [9.17, 15) is 0 Å². The highest BCUT2D eigenvalue weighted by Gasteiger charge is 2.58. The molecule has 0 spiro atoms. The Kier molecular flexibility index (Phi) is 8.94. The maximum absolute atomic E-state index is 5.74. The van der Waals surface area contributed by atoms with Gasteiger partial charge in [0.05, 0.1) is 5.60 Å². The van der Waals surface area contributed by atoms with Gasteiger partial charge in [-0.25, -0.2) is 0 Å². The van der Waals surface area contributed by atoms with Gasteiger partial charge in [-0.1, -0.05) is 20.8 Å². The third kappa shape index (κ3) is 5.22. The van der Waals surface area contributed by atoms with E-state index in [0.29, 0.717) is 12.1 Å². The number of aliphatic imine (C=N–C) groups is 1. The molecule has 2 atom stereocenters. The predicted molar refractivity (Wildman–Crippen MR) is 117 cm³/mol. The second-order valence-corrected chi connectivity index (χ2v) is 8.14. The molecule has 0 aromatic rings. The number of hydrogen-bond acceptors (Lipinski definition) is 3. The number of halogens is 1. The van der Waals surface area contributed by atoms with Crippen LogP contribution in [-0.4, -0.2) is 61.8 Å². The molecule has 1 aliphatic carbocycles. The van der Waals surface area contributed by atoms with E-state index < -0.39 is 0 Å². The Morgan fingerprint density at radius 1 is 1.16 bits per heavy atom. The van der Waals surface area contributed by atoms with Gasteiger partial charge in [-0.2, -0.15) is 0 Å². The van der Waals surface area contributed by atoms with Gasteiger partial charge in [-0.3, -0.25) is 4.99 Å². The first-order chi connectivity index (χ1) is 11.4. The van der Waals surface area contributed by atoms with Crippen molar-refractivity contribution in [3.8, 4) is 0 Å². The number of methoxy groups -OCH3 is 1. The van der Waals surface area contributed by atoms with E-state index in [-0.39, 0.29) is 35.0 Å². The molecular formula is C19H39IN4O. The minimum atomic E-state index is -0.0481. The Labute approximate surface area is 171 Å². The lowest BCUT2D eigenvalue weighted by Crippen LogP contribution is -2.70. The second kappa shape index (κ2) is 9.74. The van der Waals surface area contributed by atoms with E-state index >= 15 is 0 Å². The van der Waals surface area contributed by atoms with Crippen LogP contribution in [0.5, 0.6) is 0 Å². The Bertz CT molecular complexity index is 435. The molecular weight excluding hydrogens is 427 g/mol. The maximum Gasteiger partial charge on any atom is 0.191 e. The number of rotatable bonds is 6.